The fraction of sp³-hybridized carbons (Fsp3) is 0.734. The smallest absolute Gasteiger partial charge is 0.462 e. The number of ether oxygens (including phenoxy) is 3. The van der Waals surface area contributed by atoms with Gasteiger partial charge in [0, 0.05) is 19.3 Å². The lowest BCUT2D eigenvalue weighted by molar-refractivity contribution is -0.161. The van der Waals surface area contributed by atoms with Gasteiger partial charge in [0.15, 0.2) is 6.10 Å². The summed E-state index contributed by atoms with van der Waals surface area (Å²) in [6.07, 6.45) is 66.9. The van der Waals surface area contributed by atoms with Gasteiger partial charge in [-0.15, -0.1) is 0 Å². The number of unbranched alkanes of at least 4 members (excludes halogenated alkanes) is 25. The second-order valence-corrected chi connectivity index (χ2v) is 21.6. The minimum atomic E-state index is -4.77. The Morgan fingerprint density at radius 3 is 1.14 bits per heavy atom. The summed E-state index contributed by atoms with van der Waals surface area (Å²) < 4.78 is 39.5. The van der Waals surface area contributed by atoms with Crippen molar-refractivity contribution in [2.75, 3.05) is 26.4 Å². The van der Waals surface area contributed by atoms with E-state index >= 15 is 0 Å². The Labute approximate surface area is 464 Å². The van der Waals surface area contributed by atoms with Crippen LogP contribution in [-0.2, 0) is 42.2 Å². The van der Waals surface area contributed by atoms with Crippen molar-refractivity contribution in [2.45, 2.75) is 277 Å². The third-order valence-electron chi connectivity index (χ3n) is 12.8. The molecule has 0 aromatic heterocycles. The number of carbonyl (C=O) groups excluding carboxylic acids is 3. The van der Waals surface area contributed by atoms with Crippen LogP contribution in [0.1, 0.15) is 265 Å². The van der Waals surface area contributed by atoms with Crippen molar-refractivity contribution in [3.05, 3.63) is 85.1 Å². The summed E-state index contributed by atoms with van der Waals surface area (Å²) in [5.41, 5.74) is 0. The molecule has 0 aliphatic carbocycles. The van der Waals surface area contributed by atoms with E-state index in [1.54, 1.807) is 0 Å². The number of allylic oxidation sites excluding steroid dienone is 14. The van der Waals surface area contributed by atoms with Crippen molar-refractivity contribution in [2.24, 2.45) is 0 Å². The third-order valence-corrected chi connectivity index (χ3v) is 13.7. The van der Waals surface area contributed by atoms with Crippen LogP contribution in [0.3, 0.4) is 0 Å². The Hall–Kier alpha value is -3.34. The zero-order valence-electron chi connectivity index (χ0n) is 48.5. The second kappa shape index (κ2) is 57.8. The highest BCUT2D eigenvalue weighted by atomic mass is 31.2. The van der Waals surface area contributed by atoms with E-state index < -0.39 is 57.8 Å². The molecule has 0 bridgehead atoms. The van der Waals surface area contributed by atoms with Crippen LogP contribution in [-0.4, -0.2) is 66.5 Å². The fourth-order valence-electron chi connectivity index (χ4n) is 8.20. The molecule has 11 nitrogen and oxygen atoms in total. The second-order valence-electron chi connectivity index (χ2n) is 20.1. The molecule has 0 aliphatic rings. The van der Waals surface area contributed by atoms with Crippen LogP contribution in [0.15, 0.2) is 85.1 Å². The van der Waals surface area contributed by atoms with Gasteiger partial charge in [-0.3, -0.25) is 23.4 Å². The summed E-state index contributed by atoms with van der Waals surface area (Å²) in [7, 11) is -4.77. The Kier molecular flexibility index (Phi) is 55.3. The maximum absolute atomic E-state index is 12.9. The van der Waals surface area contributed by atoms with Crippen molar-refractivity contribution in [1.82, 2.24) is 0 Å². The molecule has 0 saturated carbocycles. The number of hydrogen-bond acceptors (Lipinski definition) is 10. The molecule has 12 heteroatoms. The zero-order valence-corrected chi connectivity index (χ0v) is 49.3. The number of aliphatic hydroxyl groups is 1. The molecule has 0 radical (unpaired) electrons. The molecule has 2 N–H and O–H groups in total. The van der Waals surface area contributed by atoms with Crippen molar-refractivity contribution < 1.29 is 52.2 Å². The van der Waals surface area contributed by atoms with E-state index in [0.717, 1.165) is 103 Å². The van der Waals surface area contributed by atoms with Gasteiger partial charge in [0.1, 0.15) is 12.7 Å². The Morgan fingerprint density at radius 1 is 0.382 bits per heavy atom. The van der Waals surface area contributed by atoms with Gasteiger partial charge in [0.05, 0.1) is 19.8 Å². The molecule has 0 saturated heterocycles. The monoisotopic (exact) mass is 1090 g/mol. The lowest BCUT2D eigenvalue weighted by Gasteiger charge is -2.21. The zero-order chi connectivity index (χ0) is 55.5. The quantitative estimate of drug-likeness (QED) is 0.0197. The van der Waals surface area contributed by atoms with Crippen molar-refractivity contribution >= 4 is 25.7 Å². The SMILES string of the molecule is CC/C=C\C/C=C\C/C=C\C/C=C\C/C=C\CCCC(=O)OCC(COP(=O)(O)OCC(CO)OC(=O)CCCCCCC/C=C\C/C=C\CCC)OC(=O)CCCCCCCCCCCCCCCCCCCCC. The van der Waals surface area contributed by atoms with Gasteiger partial charge in [0.25, 0.3) is 0 Å². The van der Waals surface area contributed by atoms with Gasteiger partial charge in [-0.2, -0.15) is 0 Å². The summed E-state index contributed by atoms with van der Waals surface area (Å²) in [4.78, 5) is 48.6. The van der Waals surface area contributed by atoms with E-state index in [2.05, 4.69) is 99.8 Å². The number of phosphoric acid groups is 1. The lowest BCUT2D eigenvalue weighted by Crippen LogP contribution is -2.30. The molecule has 0 aromatic rings. The molecule has 3 atom stereocenters. The summed E-state index contributed by atoms with van der Waals surface area (Å²) in [6.45, 7) is 4.41. The van der Waals surface area contributed by atoms with Gasteiger partial charge < -0.3 is 24.2 Å². The molecule has 0 heterocycles. The van der Waals surface area contributed by atoms with Crippen molar-refractivity contribution in [3.63, 3.8) is 0 Å². The van der Waals surface area contributed by atoms with E-state index in [1.807, 2.05) is 6.08 Å². The highest BCUT2D eigenvalue weighted by Crippen LogP contribution is 2.43. The largest absolute Gasteiger partial charge is 0.472 e. The first kappa shape index (κ1) is 72.7. The molecule has 0 rings (SSSR count). The van der Waals surface area contributed by atoms with E-state index in [0.29, 0.717) is 25.7 Å². The van der Waals surface area contributed by atoms with E-state index in [-0.39, 0.29) is 25.9 Å². The molecule has 76 heavy (non-hydrogen) atoms. The summed E-state index contributed by atoms with van der Waals surface area (Å²) in [5, 5.41) is 9.82. The van der Waals surface area contributed by atoms with Gasteiger partial charge >= 0.3 is 25.7 Å². The number of hydrogen-bond donors (Lipinski definition) is 2. The first-order valence-corrected chi connectivity index (χ1v) is 32.0. The van der Waals surface area contributed by atoms with E-state index in [4.69, 9.17) is 23.3 Å². The van der Waals surface area contributed by atoms with Gasteiger partial charge in [-0.05, 0) is 83.5 Å². The minimum absolute atomic E-state index is 0.146. The molecule has 0 amide bonds. The van der Waals surface area contributed by atoms with Crippen LogP contribution in [0.2, 0.25) is 0 Å². The van der Waals surface area contributed by atoms with E-state index in [9.17, 15) is 28.9 Å². The molecule has 0 aromatic carbocycles. The molecule has 438 valence electrons. The highest BCUT2D eigenvalue weighted by Gasteiger charge is 2.28. The van der Waals surface area contributed by atoms with Crippen LogP contribution in [0.25, 0.3) is 0 Å². The summed E-state index contributed by atoms with van der Waals surface area (Å²) in [5.74, 6) is -1.54. The van der Waals surface area contributed by atoms with Gasteiger partial charge in [0.2, 0.25) is 0 Å². The fourth-order valence-corrected chi connectivity index (χ4v) is 8.98. The van der Waals surface area contributed by atoms with Gasteiger partial charge in [-0.1, -0.05) is 247 Å². The number of aliphatic hydroxyl groups excluding tert-OH is 1. The van der Waals surface area contributed by atoms with Crippen LogP contribution in [0.5, 0.6) is 0 Å². The first-order valence-electron chi connectivity index (χ1n) is 30.5. The summed E-state index contributed by atoms with van der Waals surface area (Å²) >= 11 is 0. The number of rotatable bonds is 56. The Morgan fingerprint density at radius 2 is 0.724 bits per heavy atom. The van der Waals surface area contributed by atoms with Crippen molar-refractivity contribution in [3.8, 4) is 0 Å². The molecular formula is C64H111O11P. The van der Waals surface area contributed by atoms with Crippen LogP contribution < -0.4 is 0 Å². The van der Waals surface area contributed by atoms with Crippen LogP contribution in [0.4, 0.5) is 0 Å². The maximum atomic E-state index is 12.9. The molecular weight excluding hydrogens is 976 g/mol. The molecule has 0 fully saturated rings. The normalized spacial score (nSPS) is 13.9. The Balaban J connectivity index is 4.78. The van der Waals surface area contributed by atoms with E-state index in [1.165, 1.54) is 96.3 Å². The molecule has 0 aliphatic heterocycles. The maximum Gasteiger partial charge on any atom is 0.472 e. The standard InChI is InChI=1S/C64H111O11P/c1-4-7-10-13-16-19-22-25-27-29-30-32-34-37-40-43-46-49-52-55-64(68)75-61(57-71-62(66)53-50-47-44-41-38-36-33-31-28-26-23-20-17-14-11-8-5-2)59-73-76(69,70)72-58-60(56-65)74-63(67)54-51-48-45-42-39-35-24-21-18-15-12-9-6-3/h8,11-12,15,17,20-21,24,26,28,33,36,41,44,60-61,65H,4-7,9-10,13-14,16,18-19,22-23,25,27,29-32,34-35,37-40,42-43,45-59H2,1-3H3,(H,69,70)/b11-8-,15-12-,20-17-,24-21-,28-26-,36-33-,44-41-. The number of esters is 3. The van der Waals surface area contributed by atoms with Crippen LogP contribution >= 0.6 is 7.82 Å². The predicted octanol–water partition coefficient (Wildman–Crippen LogP) is 18.3. The highest BCUT2D eigenvalue weighted by molar-refractivity contribution is 7.47. The Bertz CT molecular complexity index is 1600. The summed E-state index contributed by atoms with van der Waals surface area (Å²) in [6, 6.07) is 0. The molecule has 3 unspecified atom stereocenters. The molecule has 0 spiro atoms. The minimum Gasteiger partial charge on any atom is -0.462 e. The average molecular weight is 1090 g/mol. The topological polar surface area (TPSA) is 155 Å². The number of phosphoric ester groups is 1. The average Bonchev–Trinajstić information content (AvgIpc) is 3.41. The van der Waals surface area contributed by atoms with Gasteiger partial charge in [-0.25, -0.2) is 4.57 Å². The lowest BCUT2D eigenvalue weighted by atomic mass is 10.0. The first-order chi connectivity index (χ1) is 37.2. The van der Waals surface area contributed by atoms with Crippen molar-refractivity contribution in [1.29, 1.82) is 0 Å². The number of carbonyl (C=O) groups is 3. The third kappa shape index (κ3) is 55.4. The predicted molar refractivity (Wildman–Crippen MR) is 316 cm³/mol. The van der Waals surface area contributed by atoms with Crippen LogP contribution in [0, 0.1) is 0 Å².